The SMILES string of the molecule is CCCCCCC/C=C\CCCCCCCC(=O)OC(COCCCCCCCCC)COP(=O)([O-])OCC[N+](C)(C)C. The van der Waals surface area contributed by atoms with Crippen LogP contribution in [0.5, 0.6) is 0 Å². The van der Waals surface area contributed by atoms with Crippen LogP contribution < -0.4 is 4.89 Å². The number of nitrogens with zero attached hydrogens (tertiary/aromatic N) is 1. The fourth-order valence-corrected chi connectivity index (χ4v) is 5.27. The Labute approximate surface area is 265 Å². The van der Waals surface area contributed by atoms with Crippen LogP contribution in [0.1, 0.15) is 142 Å². The number of phosphoric ester groups is 1. The Morgan fingerprint density at radius 2 is 1.21 bits per heavy atom. The van der Waals surface area contributed by atoms with E-state index in [0.29, 0.717) is 24.1 Å². The van der Waals surface area contributed by atoms with Crippen LogP contribution >= 0.6 is 7.82 Å². The van der Waals surface area contributed by atoms with Crippen LogP contribution in [-0.4, -0.2) is 70.7 Å². The van der Waals surface area contributed by atoms with Gasteiger partial charge in [0.05, 0.1) is 34.4 Å². The maximum Gasteiger partial charge on any atom is 0.306 e. The smallest absolute Gasteiger partial charge is 0.306 e. The van der Waals surface area contributed by atoms with Gasteiger partial charge in [-0.05, 0) is 38.5 Å². The van der Waals surface area contributed by atoms with Crippen molar-refractivity contribution in [2.24, 2.45) is 0 Å². The summed E-state index contributed by atoms with van der Waals surface area (Å²) in [5.74, 6) is -0.346. The molecule has 43 heavy (non-hydrogen) atoms. The molecule has 0 bridgehead atoms. The Balaban J connectivity index is 4.30. The molecule has 8 nitrogen and oxygen atoms in total. The first-order valence-electron chi connectivity index (χ1n) is 17.4. The van der Waals surface area contributed by atoms with Gasteiger partial charge in [-0.1, -0.05) is 109 Å². The largest absolute Gasteiger partial charge is 0.756 e. The Morgan fingerprint density at radius 1 is 0.698 bits per heavy atom. The molecule has 2 atom stereocenters. The van der Waals surface area contributed by atoms with Crippen molar-refractivity contribution >= 4 is 13.8 Å². The molecule has 0 aromatic heterocycles. The Morgan fingerprint density at radius 3 is 1.77 bits per heavy atom. The third-order valence-corrected chi connectivity index (χ3v) is 8.28. The summed E-state index contributed by atoms with van der Waals surface area (Å²) in [7, 11) is 1.35. The monoisotopic (exact) mass is 633 g/mol. The number of ether oxygens (including phenoxy) is 2. The molecule has 0 saturated carbocycles. The maximum atomic E-state index is 12.5. The van der Waals surface area contributed by atoms with Crippen LogP contribution in [-0.2, 0) is 27.9 Å². The van der Waals surface area contributed by atoms with Gasteiger partial charge in [-0.2, -0.15) is 0 Å². The van der Waals surface area contributed by atoms with E-state index in [0.717, 1.165) is 44.9 Å². The van der Waals surface area contributed by atoms with Crippen LogP contribution in [0.2, 0.25) is 0 Å². The first-order chi connectivity index (χ1) is 20.6. The van der Waals surface area contributed by atoms with Crippen LogP contribution in [0.3, 0.4) is 0 Å². The van der Waals surface area contributed by atoms with Gasteiger partial charge in [0.15, 0.2) is 0 Å². The van der Waals surface area contributed by atoms with Crippen molar-refractivity contribution in [1.29, 1.82) is 0 Å². The summed E-state index contributed by atoms with van der Waals surface area (Å²) in [6.07, 6.45) is 26.5. The van der Waals surface area contributed by atoms with E-state index in [4.69, 9.17) is 18.5 Å². The third kappa shape index (κ3) is 32.4. The highest BCUT2D eigenvalue weighted by Crippen LogP contribution is 2.38. The van der Waals surface area contributed by atoms with Crippen molar-refractivity contribution in [3.05, 3.63) is 12.2 Å². The molecule has 0 spiro atoms. The summed E-state index contributed by atoms with van der Waals surface area (Å²) in [6, 6.07) is 0. The molecule has 0 radical (unpaired) electrons. The summed E-state index contributed by atoms with van der Waals surface area (Å²) >= 11 is 0. The van der Waals surface area contributed by atoms with Gasteiger partial charge in [0, 0.05) is 13.0 Å². The van der Waals surface area contributed by atoms with Crippen molar-refractivity contribution < 1.29 is 37.3 Å². The van der Waals surface area contributed by atoms with E-state index in [-0.39, 0.29) is 25.8 Å². The van der Waals surface area contributed by atoms with Gasteiger partial charge in [0.25, 0.3) is 7.82 Å². The number of likely N-dealkylation sites (N-methyl/N-ethyl adjacent to an activating group) is 1. The molecule has 9 heteroatoms. The Hall–Kier alpha value is -0.760. The van der Waals surface area contributed by atoms with E-state index in [1.807, 2.05) is 21.1 Å². The molecule has 0 aliphatic rings. The maximum absolute atomic E-state index is 12.5. The van der Waals surface area contributed by atoms with Crippen LogP contribution in [0.15, 0.2) is 12.2 Å². The highest BCUT2D eigenvalue weighted by atomic mass is 31.2. The Kier molecular flexibility index (Phi) is 28.2. The minimum Gasteiger partial charge on any atom is -0.756 e. The number of phosphoric acid groups is 1. The van der Waals surface area contributed by atoms with Gasteiger partial charge in [0.2, 0.25) is 0 Å². The highest BCUT2D eigenvalue weighted by Gasteiger charge is 2.20. The van der Waals surface area contributed by atoms with Gasteiger partial charge in [0.1, 0.15) is 19.3 Å². The number of hydrogen-bond acceptors (Lipinski definition) is 7. The van der Waals surface area contributed by atoms with Gasteiger partial charge < -0.3 is 27.9 Å². The predicted octanol–water partition coefficient (Wildman–Crippen LogP) is 8.52. The second kappa shape index (κ2) is 28.7. The number of hydrogen-bond donors (Lipinski definition) is 0. The molecule has 0 aliphatic heterocycles. The third-order valence-electron chi connectivity index (χ3n) is 7.32. The number of allylic oxidation sites excluding steroid dienone is 2. The lowest BCUT2D eigenvalue weighted by atomic mass is 10.1. The summed E-state index contributed by atoms with van der Waals surface area (Å²) in [4.78, 5) is 24.8. The first-order valence-corrected chi connectivity index (χ1v) is 18.9. The van der Waals surface area contributed by atoms with E-state index >= 15 is 0 Å². The highest BCUT2D eigenvalue weighted by molar-refractivity contribution is 7.45. The molecule has 0 aromatic carbocycles. The number of carbonyl (C=O) groups is 1. The lowest BCUT2D eigenvalue weighted by molar-refractivity contribution is -0.870. The van der Waals surface area contributed by atoms with Gasteiger partial charge in [-0.25, -0.2) is 0 Å². The van der Waals surface area contributed by atoms with Crippen LogP contribution in [0, 0.1) is 0 Å². The van der Waals surface area contributed by atoms with Gasteiger partial charge in [-0.15, -0.1) is 0 Å². The quantitative estimate of drug-likeness (QED) is 0.0241. The number of rotatable bonds is 32. The van der Waals surface area contributed by atoms with Crippen molar-refractivity contribution in [1.82, 2.24) is 0 Å². The summed E-state index contributed by atoms with van der Waals surface area (Å²) in [5.41, 5.74) is 0. The molecule has 0 aromatic rings. The van der Waals surface area contributed by atoms with E-state index in [1.165, 1.54) is 77.0 Å². The summed E-state index contributed by atoms with van der Waals surface area (Å²) in [6.45, 7) is 5.35. The van der Waals surface area contributed by atoms with Crippen molar-refractivity contribution in [3.63, 3.8) is 0 Å². The van der Waals surface area contributed by atoms with Crippen molar-refractivity contribution in [2.45, 2.75) is 148 Å². The molecule has 0 aliphatic carbocycles. The van der Waals surface area contributed by atoms with E-state index in [9.17, 15) is 14.3 Å². The molecule has 0 fully saturated rings. The molecule has 256 valence electrons. The van der Waals surface area contributed by atoms with Gasteiger partial charge >= 0.3 is 5.97 Å². The van der Waals surface area contributed by atoms with Crippen LogP contribution in [0.25, 0.3) is 0 Å². The molecule has 0 heterocycles. The molecular formula is C34H68NO7P. The molecule has 0 amide bonds. The normalized spacial score (nSPS) is 14.3. The number of carbonyl (C=O) groups excluding carboxylic acids is 1. The van der Waals surface area contributed by atoms with E-state index in [2.05, 4.69) is 26.0 Å². The lowest BCUT2D eigenvalue weighted by Crippen LogP contribution is -2.37. The average molecular weight is 634 g/mol. The summed E-state index contributed by atoms with van der Waals surface area (Å²) in [5, 5.41) is 0. The number of quaternary nitrogens is 1. The lowest BCUT2D eigenvalue weighted by Gasteiger charge is -2.28. The summed E-state index contributed by atoms with van der Waals surface area (Å²) < 4.78 is 34.2. The van der Waals surface area contributed by atoms with Gasteiger partial charge in [-0.3, -0.25) is 9.36 Å². The molecule has 0 saturated heterocycles. The van der Waals surface area contributed by atoms with E-state index in [1.54, 1.807) is 0 Å². The zero-order chi connectivity index (χ0) is 32.1. The zero-order valence-corrected chi connectivity index (χ0v) is 29.6. The van der Waals surface area contributed by atoms with Crippen molar-refractivity contribution in [3.8, 4) is 0 Å². The second-order valence-corrected chi connectivity index (χ2v) is 14.3. The predicted molar refractivity (Wildman–Crippen MR) is 176 cm³/mol. The standard InChI is InChI=1S/C34H68NO7P/c1-6-8-10-12-14-15-16-17-18-19-20-21-23-25-27-34(36)42-33(31-39-29-26-24-22-13-11-9-7-2)32-41-43(37,38)40-30-28-35(3,4)5/h16-17,33H,6-15,18-32H2,1-5H3/b17-16-. The minimum atomic E-state index is -4.50. The number of unbranched alkanes of at least 4 members (excludes halogenated alkanes) is 16. The average Bonchev–Trinajstić information content (AvgIpc) is 2.94. The Bertz CT molecular complexity index is 711. The number of esters is 1. The fraction of sp³-hybridized carbons (Fsp3) is 0.912. The van der Waals surface area contributed by atoms with E-state index < -0.39 is 13.9 Å². The zero-order valence-electron chi connectivity index (χ0n) is 28.7. The van der Waals surface area contributed by atoms with Crippen LogP contribution in [0.4, 0.5) is 0 Å². The molecule has 0 rings (SSSR count). The first kappa shape index (κ1) is 42.2. The molecule has 2 unspecified atom stereocenters. The topological polar surface area (TPSA) is 94.1 Å². The molecular weight excluding hydrogens is 565 g/mol. The van der Waals surface area contributed by atoms with Crippen molar-refractivity contribution in [2.75, 3.05) is 54.1 Å². The fourth-order valence-electron chi connectivity index (χ4n) is 4.54. The minimum absolute atomic E-state index is 0.0267. The molecule has 0 N–H and O–H groups in total. The second-order valence-electron chi connectivity index (χ2n) is 12.9.